The SMILES string of the molecule is CCO[C@@H]1C[C@](NC(=O)c2ccoc2CC)(C(=O)O)C1(C)C. The zero-order valence-electron chi connectivity index (χ0n) is 13.4. The molecule has 1 heterocycles. The van der Waals surface area contributed by atoms with E-state index in [0.29, 0.717) is 24.4 Å². The zero-order valence-corrected chi connectivity index (χ0v) is 13.4. The van der Waals surface area contributed by atoms with Gasteiger partial charge in [-0.2, -0.15) is 0 Å². The van der Waals surface area contributed by atoms with Crippen molar-refractivity contribution in [2.75, 3.05) is 6.61 Å². The highest BCUT2D eigenvalue weighted by Gasteiger charge is 2.66. The van der Waals surface area contributed by atoms with Crippen LogP contribution in [0.3, 0.4) is 0 Å². The van der Waals surface area contributed by atoms with Crippen LogP contribution in [0.25, 0.3) is 0 Å². The van der Waals surface area contributed by atoms with Crippen molar-refractivity contribution in [3.8, 4) is 0 Å². The first-order chi connectivity index (χ1) is 10.3. The first-order valence-corrected chi connectivity index (χ1v) is 7.54. The Balaban J connectivity index is 2.24. The number of nitrogens with one attached hydrogen (secondary N) is 1. The van der Waals surface area contributed by atoms with Crippen LogP contribution in [0.5, 0.6) is 0 Å². The minimum Gasteiger partial charge on any atom is -0.479 e. The fourth-order valence-corrected chi connectivity index (χ4v) is 3.11. The molecule has 1 aliphatic carbocycles. The third-order valence-electron chi connectivity index (χ3n) is 4.77. The van der Waals surface area contributed by atoms with E-state index in [2.05, 4.69) is 5.32 Å². The van der Waals surface area contributed by atoms with Gasteiger partial charge in [0.15, 0.2) is 0 Å². The van der Waals surface area contributed by atoms with Gasteiger partial charge in [0.1, 0.15) is 11.3 Å². The summed E-state index contributed by atoms with van der Waals surface area (Å²) < 4.78 is 10.8. The Labute approximate surface area is 129 Å². The molecule has 2 atom stereocenters. The molecule has 1 aromatic rings. The summed E-state index contributed by atoms with van der Waals surface area (Å²) in [6.45, 7) is 7.87. The zero-order chi connectivity index (χ0) is 16.5. The van der Waals surface area contributed by atoms with Crippen LogP contribution in [0, 0.1) is 5.41 Å². The molecule has 0 unspecified atom stereocenters. The van der Waals surface area contributed by atoms with Crippen molar-refractivity contribution in [2.24, 2.45) is 5.41 Å². The van der Waals surface area contributed by atoms with Crippen molar-refractivity contribution in [2.45, 2.75) is 52.2 Å². The highest BCUT2D eigenvalue weighted by Crippen LogP contribution is 2.51. The number of amides is 1. The molecule has 1 fully saturated rings. The van der Waals surface area contributed by atoms with Crippen molar-refractivity contribution in [1.29, 1.82) is 0 Å². The molecule has 0 spiro atoms. The second kappa shape index (κ2) is 5.76. The van der Waals surface area contributed by atoms with E-state index in [1.165, 1.54) is 6.26 Å². The van der Waals surface area contributed by atoms with Crippen molar-refractivity contribution >= 4 is 11.9 Å². The van der Waals surface area contributed by atoms with Gasteiger partial charge in [-0.05, 0) is 13.0 Å². The van der Waals surface area contributed by atoms with Gasteiger partial charge < -0.3 is 19.6 Å². The Morgan fingerprint density at radius 3 is 2.64 bits per heavy atom. The molecule has 0 radical (unpaired) electrons. The summed E-state index contributed by atoms with van der Waals surface area (Å²) in [6, 6.07) is 1.56. The van der Waals surface area contributed by atoms with Crippen LogP contribution in [0.15, 0.2) is 16.7 Å². The lowest BCUT2D eigenvalue weighted by Gasteiger charge is -2.58. The number of aryl methyl sites for hydroxylation is 1. The molecule has 2 rings (SSSR count). The maximum atomic E-state index is 12.5. The number of furan rings is 1. The van der Waals surface area contributed by atoms with E-state index >= 15 is 0 Å². The molecule has 0 aliphatic heterocycles. The lowest BCUT2D eigenvalue weighted by molar-refractivity contribution is -0.190. The minimum atomic E-state index is -1.33. The largest absolute Gasteiger partial charge is 0.479 e. The number of rotatable bonds is 6. The normalized spacial score (nSPS) is 26.3. The van der Waals surface area contributed by atoms with E-state index < -0.39 is 22.8 Å². The van der Waals surface area contributed by atoms with Crippen molar-refractivity contribution in [1.82, 2.24) is 5.32 Å². The number of aliphatic carboxylic acids is 1. The summed E-state index contributed by atoms with van der Waals surface area (Å²) in [5.74, 6) is -0.907. The average molecular weight is 309 g/mol. The second-order valence-corrected chi connectivity index (χ2v) is 6.15. The second-order valence-electron chi connectivity index (χ2n) is 6.15. The van der Waals surface area contributed by atoms with E-state index in [9.17, 15) is 14.7 Å². The number of carboxylic acid groups (broad SMARTS) is 1. The molecule has 0 bridgehead atoms. The van der Waals surface area contributed by atoms with Crippen LogP contribution in [0.2, 0.25) is 0 Å². The number of carbonyl (C=O) groups is 2. The summed E-state index contributed by atoms with van der Waals surface area (Å²) in [6.07, 6.45) is 2.08. The van der Waals surface area contributed by atoms with Gasteiger partial charge in [-0.25, -0.2) is 4.79 Å². The van der Waals surface area contributed by atoms with Gasteiger partial charge in [-0.3, -0.25) is 4.79 Å². The van der Waals surface area contributed by atoms with Gasteiger partial charge >= 0.3 is 5.97 Å². The monoisotopic (exact) mass is 309 g/mol. The molecule has 1 amide bonds. The first kappa shape index (κ1) is 16.5. The highest BCUT2D eigenvalue weighted by atomic mass is 16.5. The van der Waals surface area contributed by atoms with E-state index in [1.54, 1.807) is 19.9 Å². The maximum Gasteiger partial charge on any atom is 0.330 e. The van der Waals surface area contributed by atoms with E-state index in [0.717, 1.165) is 0 Å². The third-order valence-corrected chi connectivity index (χ3v) is 4.77. The number of ether oxygens (including phenoxy) is 1. The van der Waals surface area contributed by atoms with E-state index in [-0.39, 0.29) is 12.5 Å². The first-order valence-electron chi connectivity index (χ1n) is 7.54. The highest BCUT2D eigenvalue weighted by molar-refractivity contribution is 5.99. The van der Waals surface area contributed by atoms with Crippen LogP contribution in [-0.4, -0.2) is 35.2 Å². The summed E-state index contributed by atoms with van der Waals surface area (Å²) in [5.41, 5.74) is -1.63. The molecule has 1 aromatic heterocycles. The predicted molar refractivity (Wildman–Crippen MR) is 79.7 cm³/mol. The molecule has 1 aliphatic rings. The molecule has 2 N–H and O–H groups in total. The maximum absolute atomic E-state index is 12.5. The molecule has 0 aromatic carbocycles. The molecule has 1 saturated carbocycles. The van der Waals surface area contributed by atoms with E-state index in [1.807, 2.05) is 13.8 Å². The summed E-state index contributed by atoms with van der Waals surface area (Å²) in [4.78, 5) is 24.3. The van der Waals surface area contributed by atoms with Gasteiger partial charge in [-0.1, -0.05) is 20.8 Å². The minimum absolute atomic E-state index is 0.191. The summed E-state index contributed by atoms with van der Waals surface area (Å²) >= 11 is 0. The van der Waals surface area contributed by atoms with Crippen LogP contribution in [0.1, 0.15) is 50.2 Å². The number of carbonyl (C=O) groups excluding carboxylic acids is 1. The molecular formula is C16H23NO5. The number of carboxylic acids is 1. The lowest BCUT2D eigenvalue weighted by Crippen LogP contribution is -2.76. The smallest absolute Gasteiger partial charge is 0.330 e. The van der Waals surface area contributed by atoms with Crippen LogP contribution in [0.4, 0.5) is 0 Å². The van der Waals surface area contributed by atoms with Crippen molar-refractivity contribution in [3.05, 3.63) is 23.7 Å². The van der Waals surface area contributed by atoms with Gasteiger partial charge in [0.2, 0.25) is 0 Å². The average Bonchev–Trinajstić information content (AvgIpc) is 2.93. The Hall–Kier alpha value is -1.82. The fraction of sp³-hybridized carbons (Fsp3) is 0.625. The van der Waals surface area contributed by atoms with Crippen molar-refractivity contribution < 1.29 is 23.8 Å². The molecule has 6 nitrogen and oxygen atoms in total. The van der Waals surface area contributed by atoms with Crippen LogP contribution >= 0.6 is 0 Å². The third kappa shape index (κ3) is 2.31. The quantitative estimate of drug-likeness (QED) is 0.841. The van der Waals surface area contributed by atoms with Crippen LogP contribution in [-0.2, 0) is 16.0 Å². The molecular weight excluding hydrogens is 286 g/mol. The fourth-order valence-electron chi connectivity index (χ4n) is 3.11. The Bertz CT molecular complexity index is 577. The molecule has 6 heteroatoms. The standard InChI is InChI=1S/C16H23NO5/c1-5-11-10(7-8-22-11)13(18)17-16(14(19)20)9-12(21-6-2)15(16,3)4/h7-8,12H,5-6,9H2,1-4H3,(H,17,18)(H,19,20)/t12-,16+/m1/s1. The van der Waals surface area contributed by atoms with Gasteiger partial charge in [-0.15, -0.1) is 0 Å². The van der Waals surface area contributed by atoms with Crippen LogP contribution < -0.4 is 5.32 Å². The summed E-state index contributed by atoms with van der Waals surface area (Å²) in [5, 5.41) is 12.4. The van der Waals surface area contributed by atoms with E-state index in [4.69, 9.17) is 9.15 Å². The Morgan fingerprint density at radius 1 is 1.45 bits per heavy atom. The number of hydrogen-bond acceptors (Lipinski definition) is 4. The van der Waals surface area contributed by atoms with Gasteiger partial charge in [0, 0.05) is 24.9 Å². The number of hydrogen-bond donors (Lipinski definition) is 2. The molecule has 122 valence electrons. The molecule has 0 saturated heterocycles. The van der Waals surface area contributed by atoms with Crippen molar-refractivity contribution in [3.63, 3.8) is 0 Å². The predicted octanol–water partition coefficient (Wildman–Crippen LogP) is 2.23. The Kier molecular flexibility index (Phi) is 4.33. The topological polar surface area (TPSA) is 88.8 Å². The summed E-state index contributed by atoms with van der Waals surface area (Å²) in [7, 11) is 0. The van der Waals surface area contributed by atoms with Gasteiger partial charge in [0.25, 0.3) is 5.91 Å². The molecule has 22 heavy (non-hydrogen) atoms. The Morgan fingerprint density at radius 2 is 2.14 bits per heavy atom. The van der Waals surface area contributed by atoms with Gasteiger partial charge in [0.05, 0.1) is 17.9 Å². The lowest BCUT2D eigenvalue weighted by atomic mass is 9.54.